The van der Waals surface area contributed by atoms with E-state index in [0.717, 1.165) is 12.0 Å². The fraction of sp³-hybridized carbons (Fsp3) is 0.423. The number of hydrogen-bond acceptors (Lipinski definition) is 6. The molecule has 0 radical (unpaired) electrons. The largest absolute Gasteiger partial charge is 0.491 e. The summed E-state index contributed by atoms with van der Waals surface area (Å²) in [7, 11) is 0. The molecule has 6 N–H and O–H groups in total. The second-order valence-corrected chi connectivity index (χ2v) is 9.50. The summed E-state index contributed by atoms with van der Waals surface area (Å²) in [5, 5.41) is 23.8. The lowest BCUT2D eigenvalue weighted by Crippen LogP contribution is -2.53. The molecule has 10 heteroatoms. The monoisotopic (exact) mass is 519 g/mol. The maximum absolute atomic E-state index is 13.3. The molecule has 2 aromatic rings. The van der Waals surface area contributed by atoms with E-state index in [4.69, 9.17) is 22.1 Å². The Morgan fingerprint density at radius 2 is 1.75 bits per heavy atom. The number of aliphatic carboxylic acids is 1. The lowest BCUT2D eigenvalue weighted by molar-refractivity contribution is -0.143. The van der Waals surface area contributed by atoms with E-state index in [1.165, 1.54) is 6.07 Å². The maximum Gasteiger partial charge on any atom is 0.328 e. The number of aryl methyl sites for hydroxylation is 1. The zero-order valence-corrected chi connectivity index (χ0v) is 21.4. The number of carbonyl (C=O) groups excluding carboxylic acids is 2. The minimum atomic E-state index is -1.51. The molecule has 0 spiro atoms. The molecule has 0 heterocycles. The van der Waals surface area contributed by atoms with Gasteiger partial charge in [0, 0.05) is 17.5 Å². The molecule has 0 unspecified atom stereocenters. The predicted octanol–water partition coefficient (Wildman–Crippen LogP) is 2.30. The first kappa shape index (κ1) is 29.1. The molecule has 0 aromatic heterocycles. The van der Waals surface area contributed by atoms with Crippen LogP contribution >= 0.6 is 11.6 Å². The quantitative estimate of drug-likeness (QED) is 0.272. The number of aliphatic hydroxyl groups is 1. The first-order chi connectivity index (χ1) is 17.0. The summed E-state index contributed by atoms with van der Waals surface area (Å²) in [5.41, 5.74) is 7.69. The van der Waals surface area contributed by atoms with Gasteiger partial charge in [-0.1, -0.05) is 55.8 Å². The number of benzene rings is 2. The van der Waals surface area contributed by atoms with Crippen LogP contribution in [0.1, 0.15) is 41.8 Å². The molecule has 2 amide bonds. The van der Waals surface area contributed by atoms with Crippen LogP contribution in [0.2, 0.25) is 5.02 Å². The molecule has 9 nitrogen and oxygen atoms in total. The second kappa shape index (κ2) is 13.8. The first-order valence-corrected chi connectivity index (χ1v) is 12.1. The van der Waals surface area contributed by atoms with E-state index in [0.29, 0.717) is 16.5 Å². The third-order valence-electron chi connectivity index (χ3n) is 5.43. The molecular formula is C26H34ClN3O6. The van der Waals surface area contributed by atoms with Crippen LogP contribution < -0.4 is 21.1 Å². The molecule has 0 fully saturated rings. The van der Waals surface area contributed by atoms with E-state index < -0.39 is 36.5 Å². The first-order valence-electron chi connectivity index (χ1n) is 11.7. The normalized spacial score (nSPS) is 13.5. The van der Waals surface area contributed by atoms with Gasteiger partial charge in [-0.15, -0.1) is 0 Å². The number of nitrogens with two attached hydrogens (primary N) is 1. The van der Waals surface area contributed by atoms with E-state index in [1.807, 2.05) is 6.07 Å². The van der Waals surface area contributed by atoms with Crippen LogP contribution in [0.5, 0.6) is 5.75 Å². The SMILES string of the molecule is Cc1cc(OC[C@H](N)CC(C)C)c(C(=O)N[C@@H](Cc2ccccc2)C(=O)N[C@@H](CO)C(=O)O)cc1Cl. The summed E-state index contributed by atoms with van der Waals surface area (Å²) in [6.45, 7) is 5.26. The van der Waals surface area contributed by atoms with Crippen molar-refractivity contribution in [3.05, 3.63) is 64.2 Å². The molecule has 3 atom stereocenters. The average Bonchev–Trinajstić information content (AvgIpc) is 2.82. The van der Waals surface area contributed by atoms with Crippen LogP contribution in [-0.4, -0.2) is 59.3 Å². The third kappa shape index (κ3) is 8.82. The van der Waals surface area contributed by atoms with Crippen molar-refractivity contribution in [3.8, 4) is 5.75 Å². The summed E-state index contributed by atoms with van der Waals surface area (Å²) < 4.78 is 5.87. The van der Waals surface area contributed by atoms with Gasteiger partial charge >= 0.3 is 5.97 Å². The Balaban J connectivity index is 2.30. The summed E-state index contributed by atoms with van der Waals surface area (Å²) in [4.78, 5) is 37.6. The molecule has 0 bridgehead atoms. The summed E-state index contributed by atoms with van der Waals surface area (Å²) >= 11 is 6.28. The van der Waals surface area contributed by atoms with Crippen molar-refractivity contribution in [1.82, 2.24) is 10.6 Å². The van der Waals surface area contributed by atoms with Crippen molar-refractivity contribution in [2.45, 2.75) is 51.7 Å². The smallest absolute Gasteiger partial charge is 0.328 e. The van der Waals surface area contributed by atoms with Crippen LogP contribution in [-0.2, 0) is 16.0 Å². The highest BCUT2D eigenvalue weighted by Crippen LogP contribution is 2.27. The lowest BCUT2D eigenvalue weighted by Gasteiger charge is -2.22. The second-order valence-electron chi connectivity index (χ2n) is 9.10. The highest BCUT2D eigenvalue weighted by molar-refractivity contribution is 6.31. The average molecular weight is 520 g/mol. The van der Waals surface area contributed by atoms with Gasteiger partial charge in [-0.25, -0.2) is 4.79 Å². The third-order valence-corrected chi connectivity index (χ3v) is 5.84. The van der Waals surface area contributed by atoms with Gasteiger partial charge in [0.2, 0.25) is 5.91 Å². The van der Waals surface area contributed by atoms with Gasteiger partial charge in [0.25, 0.3) is 5.91 Å². The van der Waals surface area contributed by atoms with Gasteiger partial charge in [-0.3, -0.25) is 9.59 Å². The Morgan fingerprint density at radius 3 is 2.33 bits per heavy atom. The topological polar surface area (TPSA) is 151 Å². The highest BCUT2D eigenvalue weighted by atomic mass is 35.5. The Morgan fingerprint density at radius 1 is 1.08 bits per heavy atom. The van der Waals surface area contributed by atoms with E-state index in [9.17, 15) is 24.6 Å². The Labute approximate surface area is 216 Å². The van der Waals surface area contributed by atoms with Crippen molar-refractivity contribution in [1.29, 1.82) is 0 Å². The number of rotatable bonds is 13. The van der Waals surface area contributed by atoms with Gasteiger partial charge in [0.1, 0.15) is 24.4 Å². The van der Waals surface area contributed by atoms with Crippen molar-refractivity contribution in [2.75, 3.05) is 13.2 Å². The van der Waals surface area contributed by atoms with Crippen molar-refractivity contribution in [2.24, 2.45) is 11.7 Å². The Bertz CT molecular complexity index is 1050. The van der Waals surface area contributed by atoms with Gasteiger partial charge in [-0.05, 0) is 42.5 Å². The number of amides is 2. The van der Waals surface area contributed by atoms with E-state index >= 15 is 0 Å². The summed E-state index contributed by atoms with van der Waals surface area (Å²) in [6.07, 6.45) is 0.828. The minimum Gasteiger partial charge on any atom is -0.491 e. The zero-order chi connectivity index (χ0) is 26.8. The zero-order valence-electron chi connectivity index (χ0n) is 20.7. The number of hydrogen-bond donors (Lipinski definition) is 5. The summed E-state index contributed by atoms with van der Waals surface area (Å²) in [6, 6.07) is 9.15. The van der Waals surface area contributed by atoms with Crippen LogP contribution in [0, 0.1) is 12.8 Å². The molecule has 0 aliphatic heterocycles. The number of carboxylic acid groups (broad SMARTS) is 1. The van der Waals surface area contributed by atoms with Crippen molar-refractivity contribution >= 4 is 29.4 Å². The molecule has 2 rings (SSSR count). The van der Waals surface area contributed by atoms with Gasteiger partial charge in [0.15, 0.2) is 0 Å². The highest BCUT2D eigenvalue weighted by Gasteiger charge is 2.28. The summed E-state index contributed by atoms with van der Waals surface area (Å²) in [5.74, 6) is -2.13. The number of ether oxygens (including phenoxy) is 1. The predicted molar refractivity (Wildman–Crippen MR) is 137 cm³/mol. The molecule has 0 saturated carbocycles. The molecule has 36 heavy (non-hydrogen) atoms. The number of carbonyl (C=O) groups is 3. The van der Waals surface area contributed by atoms with Gasteiger partial charge < -0.3 is 31.3 Å². The van der Waals surface area contributed by atoms with E-state index in [-0.39, 0.29) is 30.4 Å². The fourth-order valence-electron chi connectivity index (χ4n) is 3.58. The van der Waals surface area contributed by atoms with Crippen LogP contribution in [0.25, 0.3) is 0 Å². The van der Waals surface area contributed by atoms with Crippen molar-refractivity contribution < 1.29 is 29.3 Å². The standard InChI is InChI=1S/C26H34ClN3O6/c1-15(2)9-18(28)14-36-23-10-16(3)20(27)12-19(23)24(32)29-21(11-17-7-5-4-6-8-17)25(33)30-22(13-31)26(34)35/h4-8,10,12,15,18,21-22,31H,9,11,13-14,28H2,1-3H3,(H,29,32)(H,30,33)(H,34,35)/t18-,21+,22+/m1/s1. The van der Waals surface area contributed by atoms with Crippen LogP contribution in [0.3, 0.4) is 0 Å². The van der Waals surface area contributed by atoms with Crippen LogP contribution in [0.15, 0.2) is 42.5 Å². The van der Waals surface area contributed by atoms with Gasteiger partial charge in [0.05, 0.1) is 12.2 Å². The Kier molecular flexibility index (Phi) is 11.2. The lowest BCUT2D eigenvalue weighted by atomic mass is 10.0. The molecule has 196 valence electrons. The molecule has 0 aliphatic rings. The molecule has 2 aromatic carbocycles. The van der Waals surface area contributed by atoms with Crippen LogP contribution in [0.4, 0.5) is 0 Å². The Hall–Kier alpha value is -3.14. The number of nitrogens with one attached hydrogen (secondary N) is 2. The van der Waals surface area contributed by atoms with Gasteiger partial charge in [-0.2, -0.15) is 0 Å². The number of carboxylic acids is 1. The minimum absolute atomic E-state index is 0.0885. The molecule has 0 saturated heterocycles. The molecular weight excluding hydrogens is 486 g/mol. The van der Waals surface area contributed by atoms with E-state index in [1.54, 1.807) is 37.3 Å². The fourth-order valence-corrected chi connectivity index (χ4v) is 3.74. The molecule has 0 aliphatic carbocycles. The van der Waals surface area contributed by atoms with Crippen molar-refractivity contribution in [3.63, 3.8) is 0 Å². The number of aliphatic hydroxyl groups excluding tert-OH is 1. The maximum atomic E-state index is 13.3. The number of halogens is 1. The van der Waals surface area contributed by atoms with E-state index in [2.05, 4.69) is 24.5 Å².